The summed E-state index contributed by atoms with van der Waals surface area (Å²) in [6.45, 7) is 8.34. The minimum Gasteiger partial charge on any atom is -0.308 e. The van der Waals surface area contributed by atoms with Gasteiger partial charge in [-0.05, 0) is 107 Å². The van der Waals surface area contributed by atoms with E-state index < -0.39 is 0 Å². The lowest BCUT2D eigenvalue weighted by Crippen LogP contribution is -2.30. The molecule has 0 unspecified atom stereocenters. The Morgan fingerprint density at radius 1 is 0.553 bits per heavy atom. The van der Waals surface area contributed by atoms with Crippen LogP contribution in [0.25, 0.3) is 66.0 Å². The number of hydrogen-bond donors (Lipinski definition) is 0. The van der Waals surface area contributed by atoms with Crippen LogP contribution >= 0.6 is 0 Å². The SMILES string of the molecule is Cc1cccc(C)c1-n1c(=O)c2cc3c(cc2c2cc4c5ncccc5n(-c5ccccc5)c4cc2c1=O)-c1ccccc1C3(C)C. The number of pyridine rings is 1. The third-order valence-electron chi connectivity index (χ3n) is 10.2. The van der Waals surface area contributed by atoms with Crippen molar-refractivity contribution in [2.75, 3.05) is 0 Å². The molecule has 0 fully saturated rings. The standard InChI is InChI=1S/C42H31N3O2/c1-24-12-10-13-25(2)39(24)45-40(46)31-22-35-30(27-16-8-9-17-34(27)42(35,3)4)20-28(31)29-21-33-37(23-32(29)41(45)47)44(26-14-6-5-7-15-26)36-18-11-19-43-38(33)36/h5-23H,1-4H3. The van der Waals surface area contributed by atoms with E-state index >= 15 is 0 Å². The van der Waals surface area contributed by atoms with Crippen molar-refractivity contribution < 1.29 is 0 Å². The molecule has 5 heteroatoms. The summed E-state index contributed by atoms with van der Waals surface area (Å²) in [4.78, 5) is 34.7. The lowest BCUT2D eigenvalue weighted by molar-refractivity contribution is 0.661. The number of aryl methyl sites for hydroxylation is 2. The van der Waals surface area contributed by atoms with Crippen molar-refractivity contribution in [1.82, 2.24) is 14.1 Å². The first-order chi connectivity index (χ1) is 22.8. The second-order valence-electron chi connectivity index (χ2n) is 13.3. The number of rotatable bonds is 2. The fourth-order valence-corrected chi connectivity index (χ4v) is 7.97. The highest BCUT2D eigenvalue weighted by Crippen LogP contribution is 2.50. The first-order valence-corrected chi connectivity index (χ1v) is 16.0. The first kappa shape index (κ1) is 27.5. The average molecular weight is 610 g/mol. The molecule has 1 aliphatic rings. The van der Waals surface area contributed by atoms with Crippen molar-refractivity contribution in [1.29, 1.82) is 0 Å². The van der Waals surface area contributed by atoms with Gasteiger partial charge in [-0.25, -0.2) is 4.57 Å². The summed E-state index contributed by atoms with van der Waals surface area (Å²) >= 11 is 0. The van der Waals surface area contributed by atoms with Crippen molar-refractivity contribution >= 4 is 43.5 Å². The molecule has 0 spiro atoms. The second-order valence-corrected chi connectivity index (χ2v) is 13.3. The van der Waals surface area contributed by atoms with Crippen molar-refractivity contribution in [2.45, 2.75) is 33.1 Å². The van der Waals surface area contributed by atoms with Gasteiger partial charge in [0, 0.05) is 28.1 Å². The van der Waals surface area contributed by atoms with E-state index in [-0.39, 0.29) is 16.5 Å². The molecular weight excluding hydrogens is 578 g/mol. The van der Waals surface area contributed by atoms with Gasteiger partial charge in [0.05, 0.1) is 27.6 Å². The van der Waals surface area contributed by atoms with Gasteiger partial charge in [-0.1, -0.05) is 74.5 Å². The summed E-state index contributed by atoms with van der Waals surface area (Å²) in [5.74, 6) is 0. The van der Waals surface area contributed by atoms with Gasteiger partial charge < -0.3 is 4.57 Å². The molecule has 0 saturated heterocycles. The molecule has 0 aliphatic heterocycles. The number of benzene rings is 5. The zero-order valence-corrected chi connectivity index (χ0v) is 26.6. The van der Waals surface area contributed by atoms with Crippen LogP contribution in [-0.2, 0) is 5.41 Å². The Hall–Kier alpha value is -5.81. The minimum absolute atomic E-state index is 0.305. The van der Waals surface area contributed by atoms with E-state index in [4.69, 9.17) is 4.98 Å². The number of aromatic nitrogens is 3. The monoisotopic (exact) mass is 609 g/mol. The van der Waals surface area contributed by atoms with Gasteiger partial charge in [0.15, 0.2) is 0 Å². The van der Waals surface area contributed by atoms with Crippen LogP contribution in [0.3, 0.4) is 0 Å². The Kier molecular flexibility index (Phi) is 5.62. The van der Waals surface area contributed by atoms with E-state index in [1.807, 2.05) is 68.4 Å². The topological polar surface area (TPSA) is 56.9 Å². The van der Waals surface area contributed by atoms with Crippen LogP contribution in [0.5, 0.6) is 0 Å². The molecule has 47 heavy (non-hydrogen) atoms. The van der Waals surface area contributed by atoms with Gasteiger partial charge in [-0.15, -0.1) is 0 Å². The molecule has 0 radical (unpaired) electrons. The molecule has 1 aliphatic carbocycles. The molecule has 0 N–H and O–H groups in total. The smallest absolute Gasteiger partial charge is 0.266 e. The predicted octanol–water partition coefficient (Wildman–Crippen LogP) is 8.92. The predicted molar refractivity (Wildman–Crippen MR) is 192 cm³/mol. The molecule has 5 nitrogen and oxygen atoms in total. The van der Waals surface area contributed by atoms with Gasteiger partial charge in [-0.2, -0.15) is 0 Å². The second kappa shape index (κ2) is 9.60. The highest BCUT2D eigenvalue weighted by molar-refractivity contribution is 6.17. The van der Waals surface area contributed by atoms with Crippen molar-refractivity contribution in [3.63, 3.8) is 0 Å². The highest BCUT2D eigenvalue weighted by Gasteiger charge is 2.36. The molecule has 226 valence electrons. The molecule has 3 aromatic heterocycles. The van der Waals surface area contributed by atoms with Crippen LogP contribution in [0.2, 0.25) is 0 Å². The summed E-state index contributed by atoms with van der Waals surface area (Å²) in [6.07, 6.45) is 1.81. The largest absolute Gasteiger partial charge is 0.308 e. The van der Waals surface area contributed by atoms with Crippen molar-refractivity contribution in [2.24, 2.45) is 0 Å². The fourth-order valence-electron chi connectivity index (χ4n) is 7.97. The summed E-state index contributed by atoms with van der Waals surface area (Å²) in [7, 11) is 0. The van der Waals surface area contributed by atoms with Crippen molar-refractivity contribution in [3.8, 4) is 22.5 Å². The van der Waals surface area contributed by atoms with E-state index in [0.717, 1.165) is 66.2 Å². The maximum atomic E-state index is 15.0. The molecule has 8 aromatic rings. The number of para-hydroxylation sites is 2. The van der Waals surface area contributed by atoms with Crippen LogP contribution in [0.1, 0.15) is 36.1 Å². The maximum absolute atomic E-state index is 15.0. The molecule has 9 rings (SSSR count). The van der Waals surface area contributed by atoms with Gasteiger partial charge in [0.1, 0.15) is 0 Å². The summed E-state index contributed by atoms with van der Waals surface area (Å²) < 4.78 is 3.57. The average Bonchev–Trinajstić information content (AvgIpc) is 3.50. The molecule has 0 amide bonds. The zero-order valence-electron chi connectivity index (χ0n) is 26.6. The van der Waals surface area contributed by atoms with E-state index in [2.05, 4.69) is 73.0 Å². The van der Waals surface area contributed by atoms with Gasteiger partial charge in [-0.3, -0.25) is 14.6 Å². The van der Waals surface area contributed by atoms with Crippen LogP contribution in [0.4, 0.5) is 0 Å². The van der Waals surface area contributed by atoms with Gasteiger partial charge in [0.25, 0.3) is 11.1 Å². The fraction of sp³-hybridized carbons (Fsp3) is 0.119. The molecule has 5 aromatic carbocycles. The summed E-state index contributed by atoms with van der Waals surface area (Å²) in [6, 6.07) is 36.7. The molecule has 3 heterocycles. The van der Waals surface area contributed by atoms with E-state index in [9.17, 15) is 9.59 Å². The molecular formula is C42H31N3O2. The van der Waals surface area contributed by atoms with Gasteiger partial charge in [0.2, 0.25) is 0 Å². The molecule has 0 saturated carbocycles. The minimum atomic E-state index is -0.335. The Bertz CT molecular complexity index is 2750. The van der Waals surface area contributed by atoms with E-state index in [0.29, 0.717) is 16.5 Å². The van der Waals surface area contributed by atoms with Gasteiger partial charge >= 0.3 is 0 Å². The van der Waals surface area contributed by atoms with E-state index in [1.165, 1.54) is 10.1 Å². The zero-order chi connectivity index (χ0) is 32.2. The maximum Gasteiger partial charge on any atom is 0.266 e. The quantitative estimate of drug-likeness (QED) is 0.197. The van der Waals surface area contributed by atoms with Crippen LogP contribution < -0.4 is 11.1 Å². The Labute approximate surface area is 271 Å². The van der Waals surface area contributed by atoms with Crippen LogP contribution in [0.15, 0.2) is 125 Å². The molecule has 0 bridgehead atoms. The number of nitrogens with zero attached hydrogens (tertiary/aromatic N) is 3. The number of hydrogen-bond acceptors (Lipinski definition) is 3. The normalized spacial score (nSPS) is 13.4. The van der Waals surface area contributed by atoms with E-state index in [1.54, 1.807) is 6.20 Å². The van der Waals surface area contributed by atoms with Crippen LogP contribution in [-0.4, -0.2) is 14.1 Å². The Morgan fingerprint density at radius 2 is 1.23 bits per heavy atom. The summed E-state index contributed by atoms with van der Waals surface area (Å²) in [5.41, 5.74) is 9.64. The lowest BCUT2D eigenvalue weighted by atomic mass is 9.82. The first-order valence-electron chi connectivity index (χ1n) is 16.0. The Morgan fingerprint density at radius 3 is 2.00 bits per heavy atom. The third-order valence-corrected chi connectivity index (χ3v) is 10.2. The third kappa shape index (κ3) is 3.68. The summed E-state index contributed by atoms with van der Waals surface area (Å²) in [5, 5.41) is 3.44. The number of fused-ring (bicyclic) bond motifs is 9. The lowest BCUT2D eigenvalue weighted by Gasteiger charge is -2.21. The van der Waals surface area contributed by atoms with Crippen LogP contribution in [0, 0.1) is 13.8 Å². The Balaban J connectivity index is 1.55. The van der Waals surface area contributed by atoms with Crippen molar-refractivity contribution in [3.05, 3.63) is 158 Å². The highest BCUT2D eigenvalue weighted by atomic mass is 16.2. The molecule has 0 atom stereocenters.